The van der Waals surface area contributed by atoms with Gasteiger partial charge < -0.3 is 5.32 Å². The van der Waals surface area contributed by atoms with Crippen molar-refractivity contribution in [3.8, 4) is 6.07 Å². The predicted molar refractivity (Wildman–Crippen MR) is 98.9 cm³/mol. The van der Waals surface area contributed by atoms with E-state index < -0.39 is 10.0 Å². The Morgan fingerprint density at radius 1 is 1.23 bits per heavy atom. The first kappa shape index (κ1) is 20.4. The zero-order valence-corrected chi connectivity index (χ0v) is 16.3. The van der Waals surface area contributed by atoms with Crippen LogP contribution in [0.4, 0.5) is 0 Å². The number of piperazine rings is 1. The summed E-state index contributed by atoms with van der Waals surface area (Å²) in [6.45, 7) is 7.78. The highest BCUT2D eigenvalue weighted by molar-refractivity contribution is 7.89. The molecule has 0 unspecified atom stereocenters. The largest absolute Gasteiger partial charge is 0.350 e. The molecule has 1 fully saturated rings. The van der Waals surface area contributed by atoms with Crippen molar-refractivity contribution < 1.29 is 13.2 Å². The van der Waals surface area contributed by atoms with Gasteiger partial charge in [-0.3, -0.25) is 9.69 Å². The highest BCUT2D eigenvalue weighted by atomic mass is 32.2. The van der Waals surface area contributed by atoms with Gasteiger partial charge in [0.25, 0.3) is 0 Å². The van der Waals surface area contributed by atoms with Crippen molar-refractivity contribution >= 4 is 15.9 Å². The Balaban J connectivity index is 1.98. The second-order valence-electron chi connectivity index (χ2n) is 7.07. The standard InChI is InChI=1S/C18H26N4O3S/c1-4-18(2,3)20-17(23)14-21-9-11-22(12-10-21)26(24,25)16-8-6-5-7-15(16)13-19/h5-8H,4,9-12,14H2,1-3H3,(H,20,23). The lowest BCUT2D eigenvalue weighted by Crippen LogP contribution is -2.53. The van der Waals surface area contributed by atoms with Crippen LogP contribution in [0.5, 0.6) is 0 Å². The van der Waals surface area contributed by atoms with E-state index in [2.05, 4.69) is 5.32 Å². The maximum absolute atomic E-state index is 12.8. The number of benzene rings is 1. The third kappa shape index (κ3) is 4.81. The van der Waals surface area contributed by atoms with Crippen LogP contribution in [0, 0.1) is 11.3 Å². The molecule has 8 heteroatoms. The van der Waals surface area contributed by atoms with Gasteiger partial charge in [0.1, 0.15) is 6.07 Å². The molecule has 1 heterocycles. The van der Waals surface area contributed by atoms with Crippen LogP contribution in [0.25, 0.3) is 0 Å². The summed E-state index contributed by atoms with van der Waals surface area (Å²) in [6.07, 6.45) is 0.836. The smallest absolute Gasteiger partial charge is 0.244 e. The van der Waals surface area contributed by atoms with E-state index in [0.29, 0.717) is 26.2 Å². The zero-order chi connectivity index (χ0) is 19.4. The maximum Gasteiger partial charge on any atom is 0.244 e. The molecule has 2 rings (SSSR count). The van der Waals surface area contributed by atoms with E-state index in [1.807, 2.05) is 31.7 Å². The third-order valence-corrected chi connectivity index (χ3v) is 6.64. The van der Waals surface area contributed by atoms with Gasteiger partial charge in [-0.05, 0) is 32.4 Å². The van der Waals surface area contributed by atoms with Crippen LogP contribution in [0.1, 0.15) is 32.8 Å². The Morgan fingerprint density at radius 2 is 1.85 bits per heavy atom. The first-order chi connectivity index (χ1) is 12.2. The summed E-state index contributed by atoms with van der Waals surface area (Å²) < 4.78 is 27.0. The fourth-order valence-corrected chi connectivity index (χ4v) is 4.32. The number of sulfonamides is 1. The number of amides is 1. The van der Waals surface area contributed by atoms with E-state index in [9.17, 15) is 13.2 Å². The van der Waals surface area contributed by atoms with Gasteiger partial charge in [-0.15, -0.1) is 0 Å². The number of hydrogen-bond donors (Lipinski definition) is 1. The molecular weight excluding hydrogens is 352 g/mol. The Kier molecular flexibility index (Phi) is 6.39. The number of nitrogens with zero attached hydrogens (tertiary/aromatic N) is 3. The van der Waals surface area contributed by atoms with E-state index in [1.165, 1.54) is 16.4 Å². The van der Waals surface area contributed by atoms with Gasteiger partial charge in [0.15, 0.2) is 0 Å². The summed E-state index contributed by atoms with van der Waals surface area (Å²) in [5, 5.41) is 12.1. The Bertz CT molecular complexity index is 791. The van der Waals surface area contributed by atoms with Crippen molar-refractivity contribution in [1.29, 1.82) is 5.26 Å². The van der Waals surface area contributed by atoms with Crippen LogP contribution >= 0.6 is 0 Å². The molecule has 0 saturated carbocycles. The molecule has 1 aromatic rings. The number of hydrogen-bond acceptors (Lipinski definition) is 5. The molecule has 1 amide bonds. The minimum Gasteiger partial charge on any atom is -0.350 e. The number of rotatable bonds is 6. The Morgan fingerprint density at radius 3 is 2.42 bits per heavy atom. The van der Waals surface area contributed by atoms with Crippen LogP contribution in [-0.2, 0) is 14.8 Å². The first-order valence-electron chi connectivity index (χ1n) is 8.72. The van der Waals surface area contributed by atoms with Gasteiger partial charge in [-0.25, -0.2) is 8.42 Å². The molecule has 0 bridgehead atoms. The average Bonchev–Trinajstić information content (AvgIpc) is 2.61. The number of carbonyl (C=O) groups is 1. The van der Waals surface area contributed by atoms with Gasteiger partial charge in [0.05, 0.1) is 17.0 Å². The van der Waals surface area contributed by atoms with E-state index in [0.717, 1.165) is 6.42 Å². The topological polar surface area (TPSA) is 93.5 Å². The summed E-state index contributed by atoms with van der Waals surface area (Å²) in [7, 11) is -3.71. The second-order valence-corrected chi connectivity index (χ2v) is 8.98. The van der Waals surface area contributed by atoms with Crippen LogP contribution in [0.2, 0.25) is 0 Å². The third-order valence-electron chi connectivity index (χ3n) is 4.69. The Hall–Kier alpha value is -1.95. The first-order valence-corrected chi connectivity index (χ1v) is 10.2. The average molecular weight is 378 g/mol. The van der Waals surface area contributed by atoms with Crippen molar-refractivity contribution in [2.45, 2.75) is 37.6 Å². The number of nitriles is 1. The molecule has 1 N–H and O–H groups in total. The maximum atomic E-state index is 12.8. The minimum absolute atomic E-state index is 0.0402. The summed E-state index contributed by atoms with van der Waals surface area (Å²) >= 11 is 0. The van der Waals surface area contributed by atoms with Crippen LogP contribution in [0.15, 0.2) is 29.2 Å². The molecule has 1 aliphatic heterocycles. The van der Waals surface area contributed by atoms with E-state index in [1.54, 1.807) is 12.1 Å². The number of carbonyl (C=O) groups excluding carboxylic acids is 1. The fraction of sp³-hybridized carbons (Fsp3) is 0.556. The SMILES string of the molecule is CCC(C)(C)NC(=O)CN1CCN(S(=O)(=O)c2ccccc2C#N)CC1. The molecule has 1 aromatic carbocycles. The van der Waals surface area contributed by atoms with E-state index >= 15 is 0 Å². The normalized spacial score (nSPS) is 16.8. The van der Waals surface area contributed by atoms with Gasteiger partial charge >= 0.3 is 0 Å². The molecular formula is C18H26N4O3S. The zero-order valence-electron chi connectivity index (χ0n) is 15.5. The van der Waals surface area contributed by atoms with E-state index in [4.69, 9.17) is 5.26 Å². The van der Waals surface area contributed by atoms with Crippen molar-refractivity contribution in [1.82, 2.24) is 14.5 Å². The van der Waals surface area contributed by atoms with Crippen molar-refractivity contribution in [3.05, 3.63) is 29.8 Å². The summed E-state index contributed by atoms with van der Waals surface area (Å²) in [5.74, 6) is -0.0528. The quantitative estimate of drug-likeness (QED) is 0.802. The van der Waals surface area contributed by atoms with Crippen molar-refractivity contribution in [3.63, 3.8) is 0 Å². The summed E-state index contributed by atoms with van der Waals surface area (Å²) in [6, 6.07) is 8.16. The van der Waals surface area contributed by atoms with Gasteiger partial charge in [-0.2, -0.15) is 9.57 Å². The highest BCUT2D eigenvalue weighted by Crippen LogP contribution is 2.21. The molecule has 0 atom stereocenters. The lowest BCUT2D eigenvalue weighted by Gasteiger charge is -2.34. The molecule has 0 aliphatic carbocycles. The molecule has 0 aromatic heterocycles. The van der Waals surface area contributed by atoms with Crippen molar-refractivity contribution in [2.75, 3.05) is 32.7 Å². The molecule has 7 nitrogen and oxygen atoms in total. The summed E-state index contributed by atoms with van der Waals surface area (Å²) in [4.78, 5) is 14.1. The van der Waals surface area contributed by atoms with Gasteiger partial charge in [0, 0.05) is 31.7 Å². The highest BCUT2D eigenvalue weighted by Gasteiger charge is 2.31. The van der Waals surface area contributed by atoms with Gasteiger partial charge in [-0.1, -0.05) is 19.1 Å². The molecule has 1 saturated heterocycles. The second kappa shape index (κ2) is 8.16. The Labute approximate surface area is 155 Å². The molecule has 1 aliphatic rings. The molecule has 0 radical (unpaired) electrons. The predicted octanol–water partition coefficient (Wildman–Crippen LogP) is 1.17. The minimum atomic E-state index is -3.71. The lowest BCUT2D eigenvalue weighted by molar-refractivity contribution is -0.124. The van der Waals surface area contributed by atoms with Crippen LogP contribution in [0.3, 0.4) is 0 Å². The molecule has 142 valence electrons. The monoisotopic (exact) mass is 378 g/mol. The van der Waals surface area contributed by atoms with Crippen LogP contribution in [-0.4, -0.2) is 61.8 Å². The number of nitrogens with one attached hydrogen (secondary N) is 1. The fourth-order valence-electron chi connectivity index (χ4n) is 2.76. The lowest BCUT2D eigenvalue weighted by atomic mass is 10.0. The van der Waals surface area contributed by atoms with Crippen LogP contribution < -0.4 is 5.32 Å². The van der Waals surface area contributed by atoms with Gasteiger partial charge in [0.2, 0.25) is 15.9 Å². The van der Waals surface area contributed by atoms with E-state index in [-0.39, 0.29) is 28.4 Å². The molecule has 0 spiro atoms. The molecule has 26 heavy (non-hydrogen) atoms. The van der Waals surface area contributed by atoms with Crippen molar-refractivity contribution in [2.24, 2.45) is 0 Å². The summed E-state index contributed by atoms with van der Waals surface area (Å²) in [5.41, 5.74) is -0.0976.